The first-order chi connectivity index (χ1) is 7.58. The molecule has 0 spiro atoms. The molecular weight excluding hydrogens is 248 g/mol. The Hall–Kier alpha value is -1.15. The van der Waals surface area contributed by atoms with E-state index in [1.165, 1.54) is 6.92 Å². The summed E-state index contributed by atoms with van der Waals surface area (Å²) in [4.78, 5) is 11.0. The van der Waals surface area contributed by atoms with E-state index in [9.17, 15) is 22.4 Å². The van der Waals surface area contributed by atoms with Gasteiger partial charge in [0.15, 0.2) is 0 Å². The Morgan fingerprint density at radius 3 is 2.18 bits per heavy atom. The second-order valence-corrected chi connectivity index (χ2v) is 3.27. The summed E-state index contributed by atoms with van der Waals surface area (Å²) in [6, 6.07) is 0. The van der Waals surface area contributed by atoms with Crippen molar-refractivity contribution < 1.29 is 36.9 Å². The zero-order valence-corrected chi connectivity index (χ0v) is 9.12. The summed E-state index contributed by atoms with van der Waals surface area (Å²) >= 11 is 0. The molecule has 0 fully saturated rings. The van der Waals surface area contributed by atoms with Gasteiger partial charge >= 0.3 is 18.5 Å². The number of aliphatic hydroxyl groups is 1. The Labute approximate surface area is 94.8 Å². The van der Waals surface area contributed by atoms with Gasteiger partial charge in [0.2, 0.25) is 6.29 Å². The van der Waals surface area contributed by atoms with Crippen LogP contribution in [0.5, 0.6) is 0 Å². The third-order valence-electron chi connectivity index (χ3n) is 1.49. The maximum absolute atomic E-state index is 12.5. The minimum absolute atomic E-state index is 0.153. The molecule has 100 valence electrons. The molecule has 0 aromatic carbocycles. The van der Waals surface area contributed by atoms with E-state index in [0.29, 0.717) is 0 Å². The topological polar surface area (TPSA) is 55.8 Å². The van der Waals surface area contributed by atoms with Crippen molar-refractivity contribution in [2.45, 2.75) is 38.8 Å². The smallest absolute Gasteiger partial charge is 0.419 e. The molecule has 2 atom stereocenters. The largest absolute Gasteiger partial charge is 0.429 e. The zero-order chi connectivity index (χ0) is 13.8. The molecule has 0 aromatic rings. The molecule has 0 aliphatic heterocycles. The number of ether oxygens (including phenoxy) is 2. The average molecular weight is 260 g/mol. The minimum atomic E-state index is -4.82. The van der Waals surface area contributed by atoms with Crippen LogP contribution in [0.25, 0.3) is 0 Å². The van der Waals surface area contributed by atoms with E-state index in [0.717, 1.165) is 6.92 Å². The van der Waals surface area contributed by atoms with Gasteiger partial charge in [-0.05, 0) is 13.8 Å². The first-order valence-corrected chi connectivity index (χ1v) is 4.46. The van der Waals surface area contributed by atoms with Crippen molar-refractivity contribution in [2.75, 3.05) is 0 Å². The van der Waals surface area contributed by atoms with Crippen LogP contribution in [0.1, 0.15) is 13.8 Å². The van der Waals surface area contributed by atoms with Crippen molar-refractivity contribution in [3.8, 4) is 0 Å². The molecule has 8 heteroatoms. The fraction of sp³-hybridized carbons (Fsp3) is 0.667. The first kappa shape index (κ1) is 15.9. The molecule has 0 bridgehead atoms. The fourth-order valence-corrected chi connectivity index (χ4v) is 0.633. The summed E-state index contributed by atoms with van der Waals surface area (Å²) in [5.74, 6) is -1.14. The van der Waals surface area contributed by atoms with E-state index in [-0.39, 0.29) is 5.57 Å². The summed E-state index contributed by atoms with van der Waals surface area (Å²) in [7, 11) is 0. The summed E-state index contributed by atoms with van der Waals surface area (Å²) in [5, 5.41) is 8.98. The van der Waals surface area contributed by atoms with Crippen molar-refractivity contribution in [1.82, 2.24) is 0 Å². The molecule has 0 rings (SSSR count). The van der Waals surface area contributed by atoms with Gasteiger partial charge in [-0.1, -0.05) is 6.58 Å². The number of alkyl halides is 4. The van der Waals surface area contributed by atoms with Gasteiger partial charge in [-0.15, -0.1) is 0 Å². The highest BCUT2D eigenvalue weighted by Gasteiger charge is 2.46. The second-order valence-electron chi connectivity index (χ2n) is 3.27. The highest BCUT2D eigenvalue weighted by molar-refractivity contribution is 5.87. The summed E-state index contributed by atoms with van der Waals surface area (Å²) < 4.78 is 56.5. The molecule has 17 heavy (non-hydrogen) atoms. The molecule has 0 radical (unpaired) electrons. The Morgan fingerprint density at radius 2 is 1.88 bits per heavy atom. The molecule has 4 nitrogen and oxygen atoms in total. The van der Waals surface area contributed by atoms with E-state index >= 15 is 0 Å². The number of esters is 1. The molecular formula is C9H12F4O4. The van der Waals surface area contributed by atoms with Gasteiger partial charge in [0.1, 0.15) is 6.10 Å². The third-order valence-corrected chi connectivity index (χ3v) is 1.49. The lowest BCUT2D eigenvalue weighted by Gasteiger charge is -2.25. The number of carbonyl (C=O) groups is 1. The van der Waals surface area contributed by atoms with Crippen LogP contribution >= 0.6 is 0 Å². The summed E-state index contributed by atoms with van der Waals surface area (Å²) in [5.41, 5.74) is -0.153. The number of carbonyl (C=O) groups excluding carboxylic acids is 1. The number of halogens is 4. The predicted molar refractivity (Wildman–Crippen MR) is 48.4 cm³/mol. The van der Waals surface area contributed by atoms with Crippen LogP contribution in [-0.4, -0.2) is 36.0 Å². The number of rotatable bonds is 6. The minimum Gasteiger partial charge on any atom is -0.429 e. The lowest BCUT2D eigenvalue weighted by Crippen LogP contribution is -2.42. The Balaban J connectivity index is 4.66. The maximum atomic E-state index is 12.5. The zero-order valence-electron chi connectivity index (χ0n) is 9.12. The van der Waals surface area contributed by atoms with Gasteiger partial charge < -0.3 is 9.84 Å². The van der Waals surface area contributed by atoms with Crippen LogP contribution in [0.4, 0.5) is 17.6 Å². The summed E-state index contributed by atoms with van der Waals surface area (Å²) in [6.07, 6.45) is -12.8. The number of aliphatic hydroxyl groups excluding tert-OH is 1. The molecule has 0 saturated heterocycles. The van der Waals surface area contributed by atoms with Crippen molar-refractivity contribution in [1.29, 1.82) is 0 Å². The first-order valence-electron chi connectivity index (χ1n) is 4.46. The van der Waals surface area contributed by atoms with Crippen LogP contribution in [0.3, 0.4) is 0 Å². The van der Waals surface area contributed by atoms with E-state index < -0.39 is 30.9 Å². The van der Waals surface area contributed by atoms with Crippen LogP contribution in [-0.2, 0) is 14.3 Å². The van der Waals surface area contributed by atoms with Crippen molar-refractivity contribution in [3.05, 3.63) is 12.2 Å². The van der Waals surface area contributed by atoms with Crippen LogP contribution < -0.4 is 0 Å². The van der Waals surface area contributed by atoms with Crippen LogP contribution in [0.15, 0.2) is 12.2 Å². The molecule has 0 heterocycles. The maximum Gasteiger partial charge on any atom is 0.419 e. The van der Waals surface area contributed by atoms with E-state index in [2.05, 4.69) is 16.1 Å². The van der Waals surface area contributed by atoms with Crippen LogP contribution in [0.2, 0.25) is 0 Å². The molecule has 0 aliphatic carbocycles. The second kappa shape index (κ2) is 5.97. The predicted octanol–water partition coefficient (Wildman–Crippen LogP) is 1.69. The highest BCUT2D eigenvalue weighted by Crippen LogP contribution is 2.27. The van der Waals surface area contributed by atoms with Crippen molar-refractivity contribution >= 4 is 5.97 Å². The third kappa shape index (κ3) is 5.14. The summed E-state index contributed by atoms with van der Waals surface area (Å²) in [6.45, 7) is 5.31. The molecule has 0 aliphatic rings. The van der Waals surface area contributed by atoms with Gasteiger partial charge in [-0.25, -0.2) is 13.6 Å². The Bertz CT molecular complexity index is 291. The average Bonchev–Trinajstić information content (AvgIpc) is 2.15. The monoisotopic (exact) mass is 260 g/mol. The number of hydrogen-bond donors (Lipinski definition) is 1. The Kier molecular flexibility index (Phi) is 5.56. The van der Waals surface area contributed by atoms with E-state index in [1.54, 1.807) is 0 Å². The standard InChI is InChI=1S/C9H12F4O4/c1-4(2)6(15)16-7(5(3)14)17-9(12,13)8(10)11/h5,7-8,14H,1H2,2-3H3. The van der Waals surface area contributed by atoms with Gasteiger partial charge in [0.05, 0.1) is 0 Å². The molecule has 1 N–H and O–H groups in total. The van der Waals surface area contributed by atoms with E-state index in [1.807, 2.05) is 0 Å². The molecule has 2 unspecified atom stereocenters. The van der Waals surface area contributed by atoms with Gasteiger partial charge in [0, 0.05) is 5.57 Å². The molecule has 0 saturated carbocycles. The lowest BCUT2D eigenvalue weighted by atomic mass is 10.3. The van der Waals surface area contributed by atoms with Crippen molar-refractivity contribution in [2.24, 2.45) is 0 Å². The normalized spacial score (nSPS) is 15.5. The Morgan fingerprint density at radius 1 is 1.41 bits per heavy atom. The van der Waals surface area contributed by atoms with E-state index in [4.69, 9.17) is 5.11 Å². The molecule has 0 amide bonds. The van der Waals surface area contributed by atoms with Gasteiger partial charge in [-0.2, -0.15) is 8.78 Å². The highest BCUT2D eigenvalue weighted by atomic mass is 19.3. The van der Waals surface area contributed by atoms with Gasteiger partial charge in [-0.3, -0.25) is 4.74 Å². The van der Waals surface area contributed by atoms with Crippen LogP contribution in [0, 0.1) is 0 Å². The quantitative estimate of drug-likeness (QED) is 0.342. The molecule has 0 aromatic heterocycles. The van der Waals surface area contributed by atoms with Gasteiger partial charge in [0.25, 0.3) is 0 Å². The lowest BCUT2D eigenvalue weighted by molar-refractivity contribution is -0.361. The number of hydrogen-bond acceptors (Lipinski definition) is 4. The SMILES string of the molecule is C=C(C)C(=O)OC(OC(F)(F)C(F)F)C(C)O. The van der Waals surface area contributed by atoms with Crippen molar-refractivity contribution in [3.63, 3.8) is 0 Å². The fourth-order valence-electron chi connectivity index (χ4n) is 0.633.